The summed E-state index contributed by atoms with van der Waals surface area (Å²) in [7, 11) is 0. The van der Waals surface area contributed by atoms with Gasteiger partial charge in [-0.05, 0) is 24.5 Å². The van der Waals surface area contributed by atoms with Crippen molar-refractivity contribution >= 4 is 40.5 Å². The third kappa shape index (κ3) is 7.54. The molecule has 12 heteroatoms. The number of amides is 4. The van der Waals surface area contributed by atoms with Crippen LogP contribution in [0.1, 0.15) is 39.2 Å². The van der Waals surface area contributed by atoms with Gasteiger partial charge in [0.15, 0.2) is 0 Å². The Kier molecular flexibility index (Phi) is 9.97. The van der Waals surface area contributed by atoms with Crippen LogP contribution in [0, 0.1) is 5.92 Å². The molecule has 12 nitrogen and oxygen atoms in total. The first kappa shape index (κ1) is 28.3. The molecule has 0 fully saturated rings. The summed E-state index contributed by atoms with van der Waals surface area (Å²) >= 11 is 0. The topological polar surface area (TPSA) is 209 Å². The van der Waals surface area contributed by atoms with Gasteiger partial charge in [-0.3, -0.25) is 19.2 Å². The van der Waals surface area contributed by atoms with Gasteiger partial charge in [-0.1, -0.05) is 38.5 Å². The monoisotopic (exact) mass is 502 g/mol. The summed E-state index contributed by atoms with van der Waals surface area (Å²) in [6, 6.07) is 2.68. The van der Waals surface area contributed by atoms with E-state index in [0.717, 1.165) is 16.5 Å². The van der Waals surface area contributed by atoms with Crippen LogP contribution in [0.3, 0.4) is 0 Å². The third-order valence-electron chi connectivity index (χ3n) is 5.96. The molecule has 36 heavy (non-hydrogen) atoms. The number of primary amides is 1. The van der Waals surface area contributed by atoms with Crippen molar-refractivity contribution in [2.75, 3.05) is 0 Å². The van der Waals surface area contributed by atoms with E-state index in [2.05, 4.69) is 20.9 Å². The molecule has 0 aliphatic carbocycles. The fourth-order valence-corrected chi connectivity index (χ4v) is 3.65. The number of carbonyl (C=O) groups is 5. The Morgan fingerprint density at radius 2 is 1.58 bits per heavy atom. The lowest BCUT2D eigenvalue weighted by Gasteiger charge is -2.26. The Morgan fingerprint density at radius 1 is 0.972 bits per heavy atom. The van der Waals surface area contributed by atoms with Crippen LogP contribution in [-0.4, -0.2) is 63.9 Å². The number of hydrogen-bond donors (Lipinski definition) is 7. The maximum Gasteiger partial charge on any atom is 0.326 e. The molecule has 0 bridgehead atoms. The summed E-state index contributed by atoms with van der Waals surface area (Å²) in [6.45, 7) is 4.88. The van der Waals surface area contributed by atoms with Gasteiger partial charge in [-0.25, -0.2) is 4.79 Å². The van der Waals surface area contributed by atoms with E-state index in [0.29, 0.717) is 6.42 Å². The highest BCUT2D eigenvalue weighted by Gasteiger charge is 2.32. The SMILES string of the molecule is CCC(C)C(NC(=O)C(CC(N)=O)NC(=O)C(Cc1c[nH]c2ccccc12)NC(=O)C(C)N)C(=O)O. The largest absolute Gasteiger partial charge is 0.480 e. The minimum absolute atomic E-state index is 0.0594. The quantitative estimate of drug-likeness (QED) is 0.191. The van der Waals surface area contributed by atoms with E-state index in [1.165, 1.54) is 6.92 Å². The van der Waals surface area contributed by atoms with Crippen LogP contribution >= 0.6 is 0 Å². The molecule has 1 aromatic heterocycles. The number of aromatic nitrogens is 1. The number of rotatable bonds is 13. The van der Waals surface area contributed by atoms with Crippen LogP contribution in [0.5, 0.6) is 0 Å². The Morgan fingerprint density at radius 3 is 2.17 bits per heavy atom. The number of benzene rings is 1. The van der Waals surface area contributed by atoms with Crippen molar-refractivity contribution in [2.24, 2.45) is 17.4 Å². The van der Waals surface area contributed by atoms with Gasteiger partial charge in [0.05, 0.1) is 12.5 Å². The molecule has 1 heterocycles. The van der Waals surface area contributed by atoms with Gasteiger partial charge in [0.25, 0.3) is 0 Å². The average Bonchev–Trinajstić information content (AvgIpc) is 3.23. The van der Waals surface area contributed by atoms with E-state index in [1.54, 1.807) is 20.0 Å². The van der Waals surface area contributed by atoms with Crippen LogP contribution in [0.15, 0.2) is 30.5 Å². The van der Waals surface area contributed by atoms with Gasteiger partial charge in [0, 0.05) is 23.5 Å². The highest BCUT2D eigenvalue weighted by Crippen LogP contribution is 2.19. The zero-order valence-corrected chi connectivity index (χ0v) is 20.5. The lowest BCUT2D eigenvalue weighted by atomic mass is 9.98. The Balaban J connectivity index is 2.29. The lowest BCUT2D eigenvalue weighted by molar-refractivity contribution is -0.144. The average molecular weight is 503 g/mol. The molecule has 5 unspecified atom stereocenters. The number of fused-ring (bicyclic) bond motifs is 1. The van der Waals surface area contributed by atoms with E-state index in [-0.39, 0.29) is 6.42 Å². The Bertz CT molecular complexity index is 1110. The number of aliphatic carboxylic acids is 1. The summed E-state index contributed by atoms with van der Waals surface area (Å²) in [4.78, 5) is 64.8. The number of H-pyrrole nitrogens is 1. The molecule has 0 saturated heterocycles. The molecule has 2 rings (SSSR count). The first-order chi connectivity index (χ1) is 16.9. The summed E-state index contributed by atoms with van der Waals surface area (Å²) in [6.07, 6.45) is 1.68. The lowest BCUT2D eigenvalue weighted by Crippen LogP contribution is -2.58. The maximum absolute atomic E-state index is 13.2. The normalized spacial score (nSPS) is 15.2. The summed E-state index contributed by atoms with van der Waals surface area (Å²) in [5, 5.41) is 17.7. The Hall–Kier alpha value is -3.93. The second-order valence-corrected chi connectivity index (χ2v) is 8.86. The van der Waals surface area contributed by atoms with Gasteiger partial charge in [-0.2, -0.15) is 0 Å². The zero-order chi connectivity index (χ0) is 27.0. The van der Waals surface area contributed by atoms with Gasteiger partial charge in [-0.15, -0.1) is 0 Å². The number of nitrogens with two attached hydrogens (primary N) is 2. The van der Waals surface area contributed by atoms with Crippen LogP contribution in [0.4, 0.5) is 0 Å². The van der Waals surface area contributed by atoms with Crippen molar-refractivity contribution < 1.29 is 29.1 Å². The Labute approximate surface area is 208 Å². The van der Waals surface area contributed by atoms with Crippen LogP contribution in [0.25, 0.3) is 10.9 Å². The number of hydrogen-bond acceptors (Lipinski definition) is 6. The van der Waals surface area contributed by atoms with Crippen molar-refractivity contribution in [1.29, 1.82) is 0 Å². The third-order valence-corrected chi connectivity index (χ3v) is 5.96. The molecule has 9 N–H and O–H groups in total. The number of carboxylic acids is 1. The molecule has 196 valence electrons. The van der Waals surface area contributed by atoms with Crippen LogP contribution < -0.4 is 27.4 Å². The van der Waals surface area contributed by atoms with Gasteiger partial charge in [0.2, 0.25) is 23.6 Å². The molecule has 0 spiro atoms. The molecule has 0 saturated carbocycles. The summed E-state index contributed by atoms with van der Waals surface area (Å²) in [5.41, 5.74) is 12.5. The van der Waals surface area contributed by atoms with Crippen molar-refractivity contribution in [2.45, 2.75) is 64.2 Å². The maximum atomic E-state index is 13.2. The minimum Gasteiger partial charge on any atom is -0.480 e. The smallest absolute Gasteiger partial charge is 0.326 e. The van der Waals surface area contributed by atoms with Crippen molar-refractivity contribution in [3.8, 4) is 0 Å². The second kappa shape index (κ2) is 12.7. The van der Waals surface area contributed by atoms with E-state index in [9.17, 15) is 29.1 Å². The predicted octanol–water partition coefficient (Wildman–Crippen LogP) is -0.482. The highest BCUT2D eigenvalue weighted by atomic mass is 16.4. The van der Waals surface area contributed by atoms with Crippen molar-refractivity contribution in [3.63, 3.8) is 0 Å². The summed E-state index contributed by atoms with van der Waals surface area (Å²) in [5.74, 6) is -4.75. The predicted molar refractivity (Wildman–Crippen MR) is 132 cm³/mol. The fraction of sp³-hybridized carbons (Fsp3) is 0.458. The van der Waals surface area contributed by atoms with E-state index >= 15 is 0 Å². The van der Waals surface area contributed by atoms with Gasteiger partial charge < -0.3 is 37.5 Å². The van der Waals surface area contributed by atoms with Gasteiger partial charge in [0.1, 0.15) is 18.1 Å². The number of carbonyl (C=O) groups excluding carboxylic acids is 4. The molecular formula is C24H34N6O6. The first-order valence-electron chi connectivity index (χ1n) is 11.7. The van der Waals surface area contributed by atoms with Crippen LogP contribution in [-0.2, 0) is 30.4 Å². The van der Waals surface area contributed by atoms with E-state index in [1.807, 2.05) is 24.3 Å². The molecule has 1 aromatic carbocycles. The minimum atomic E-state index is -1.45. The summed E-state index contributed by atoms with van der Waals surface area (Å²) < 4.78 is 0. The van der Waals surface area contributed by atoms with Gasteiger partial charge >= 0.3 is 5.97 Å². The van der Waals surface area contributed by atoms with Crippen molar-refractivity contribution in [3.05, 3.63) is 36.0 Å². The second-order valence-electron chi connectivity index (χ2n) is 8.86. The highest BCUT2D eigenvalue weighted by molar-refractivity contribution is 5.96. The van der Waals surface area contributed by atoms with E-state index < -0.39 is 66.1 Å². The fourth-order valence-electron chi connectivity index (χ4n) is 3.65. The van der Waals surface area contributed by atoms with Crippen LogP contribution in [0.2, 0.25) is 0 Å². The molecule has 4 amide bonds. The first-order valence-corrected chi connectivity index (χ1v) is 11.7. The molecule has 0 aliphatic heterocycles. The standard InChI is InChI=1S/C24H34N6O6/c1-4-12(2)20(24(35)36)30-23(34)18(10-19(26)31)29-22(33)17(28-21(32)13(3)25)9-14-11-27-16-8-6-5-7-15(14)16/h5-8,11-13,17-18,20,27H,4,9-10,25H2,1-3H3,(H2,26,31)(H,28,32)(H,29,33)(H,30,34)(H,35,36). The molecule has 5 atom stereocenters. The number of nitrogens with one attached hydrogen (secondary N) is 4. The number of aromatic amines is 1. The number of para-hydroxylation sites is 1. The molecule has 0 aliphatic rings. The zero-order valence-electron chi connectivity index (χ0n) is 20.5. The molecule has 0 radical (unpaired) electrons. The molecule has 2 aromatic rings. The van der Waals surface area contributed by atoms with E-state index in [4.69, 9.17) is 11.5 Å². The molecular weight excluding hydrogens is 468 g/mol. The van der Waals surface area contributed by atoms with Crippen molar-refractivity contribution in [1.82, 2.24) is 20.9 Å². The number of carboxylic acid groups (broad SMARTS) is 1.